The molecule has 0 saturated carbocycles. The predicted molar refractivity (Wildman–Crippen MR) is 71.1 cm³/mol. The Morgan fingerprint density at radius 2 is 2.33 bits per heavy atom. The number of carbonyl (C=O) groups excluding carboxylic acids is 1. The number of methoxy groups -OCH3 is 1. The summed E-state index contributed by atoms with van der Waals surface area (Å²) in [5, 5.41) is 0.554. The second-order valence-electron chi connectivity index (χ2n) is 4.50. The van der Waals surface area contributed by atoms with Gasteiger partial charge in [-0.15, -0.1) is 0 Å². The number of ether oxygens (including phenoxy) is 1. The maximum atomic E-state index is 12.4. The zero-order chi connectivity index (χ0) is 13.1. The van der Waals surface area contributed by atoms with Crippen molar-refractivity contribution in [3.05, 3.63) is 28.8 Å². The highest BCUT2D eigenvalue weighted by atomic mass is 35.5. The zero-order valence-corrected chi connectivity index (χ0v) is 11.1. The number of carbonyl (C=O) groups is 1. The monoisotopic (exact) mass is 268 g/mol. The molecule has 0 aliphatic carbocycles. The number of hydrogen-bond acceptors (Lipinski definition) is 3. The quantitative estimate of drug-likeness (QED) is 0.891. The van der Waals surface area contributed by atoms with Crippen LogP contribution in [-0.4, -0.2) is 37.0 Å². The highest BCUT2D eigenvalue weighted by Gasteiger charge is 2.24. The normalized spacial score (nSPS) is 19.7. The minimum absolute atomic E-state index is 0.0429. The van der Waals surface area contributed by atoms with Gasteiger partial charge in [0.2, 0.25) is 0 Å². The Bertz CT molecular complexity index is 451. The van der Waals surface area contributed by atoms with Crippen LogP contribution in [0.2, 0.25) is 5.02 Å². The smallest absolute Gasteiger partial charge is 0.257 e. The van der Waals surface area contributed by atoms with Gasteiger partial charge in [0, 0.05) is 24.2 Å². The van der Waals surface area contributed by atoms with E-state index in [1.54, 1.807) is 23.1 Å². The van der Waals surface area contributed by atoms with E-state index in [1.807, 2.05) is 0 Å². The van der Waals surface area contributed by atoms with E-state index in [2.05, 4.69) is 0 Å². The minimum Gasteiger partial charge on any atom is -0.496 e. The van der Waals surface area contributed by atoms with Gasteiger partial charge in [-0.25, -0.2) is 0 Å². The third kappa shape index (κ3) is 2.76. The van der Waals surface area contributed by atoms with Crippen LogP contribution in [0.1, 0.15) is 23.2 Å². The van der Waals surface area contributed by atoms with Crippen molar-refractivity contribution in [1.82, 2.24) is 4.90 Å². The fourth-order valence-electron chi connectivity index (χ4n) is 2.21. The summed E-state index contributed by atoms with van der Waals surface area (Å²) in [6.07, 6.45) is 1.92. The average Bonchev–Trinajstić information content (AvgIpc) is 2.37. The molecule has 1 unspecified atom stereocenters. The molecule has 4 nitrogen and oxygen atoms in total. The van der Waals surface area contributed by atoms with Crippen molar-refractivity contribution in [3.63, 3.8) is 0 Å². The van der Waals surface area contributed by atoms with Crippen molar-refractivity contribution < 1.29 is 9.53 Å². The average molecular weight is 269 g/mol. The van der Waals surface area contributed by atoms with E-state index in [-0.39, 0.29) is 11.9 Å². The largest absolute Gasteiger partial charge is 0.496 e. The molecule has 1 fully saturated rings. The molecule has 0 aromatic heterocycles. The summed E-state index contributed by atoms with van der Waals surface area (Å²) in [6, 6.07) is 5.12. The molecular weight excluding hydrogens is 252 g/mol. The summed E-state index contributed by atoms with van der Waals surface area (Å²) in [5.74, 6) is 0.463. The highest BCUT2D eigenvalue weighted by Crippen LogP contribution is 2.25. The summed E-state index contributed by atoms with van der Waals surface area (Å²) in [6.45, 7) is 1.35. The molecule has 1 heterocycles. The van der Waals surface area contributed by atoms with Crippen LogP contribution >= 0.6 is 11.6 Å². The molecule has 98 valence electrons. The number of amides is 1. The molecule has 1 saturated heterocycles. The highest BCUT2D eigenvalue weighted by molar-refractivity contribution is 6.30. The van der Waals surface area contributed by atoms with Crippen molar-refractivity contribution in [3.8, 4) is 5.75 Å². The van der Waals surface area contributed by atoms with E-state index in [9.17, 15) is 4.79 Å². The standard InChI is InChI=1S/C13H17ClN2O2/c1-18-12-7-9(14)4-5-11(12)13(17)16-6-2-3-10(15)8-16/h4-5,7,10H,2-3,6,8,15H2,1H3. The van der Waals surface area contributed by atoms with Crippen LogP contribution in [0.25, 0.3) is 0 Å². The zero-order valence-electron chi connectivity index (χ0n) is 10.4. The SMILES string of the molecule is COc1cc(Cl)ccc1C(=O)N1CCCC(N)C1. The molecule has 1 atom stereocenters. The lowest BCUT2D eigenvalue weighted by Gasteiger charge is -2.31. The molecule has 2 N–H and O–H groups in total. The molecule has 5 heteroatoms. The van der Waals surface area contributed by atoms with Gasteiger partial charge in [-0.3, -0.25) is 4.79 Å². The van der Waals surface area contributed by atoms with Gasteiger partial charge in [0.1, 0.15) is 5.75 Å². The van der Waals surface area contributed by atoms with Crippen LogP contribution in [0.5, 0.6) is 5.75 Å². The Morgan fingerprint density at radius 1 is 1.56 bits per heavy atom. The van der Waals surface area contributed by atoms with E-state index < -0.39 is 0 Å². The maximum absolute atomic E-state index is 12.4. The van der Waals surface area contributed by atoms with E-state index >= 15 is 0 Å². The Labute approximate surface area is 112 Å². The fraction of sp³-hybridized carbons (Fsp3) is 0.462. The van der Waals surface area contributed by atoms with E-state index in [1.165, 1.54) is 7.11 Å². The molecule has 0 bridgehead atoms. The number of halogens is 1. The molecule has 0 spiro atoms. The van der Waals surface area contributed by atoms with Crippen molar-refractivity contribution in [1.29, 1.82) is 0 Å². The first kappa shape index (κ1) is 13.2. The third-order valence-electron chi connectivity index (χ3n) is 3.14. The number of benzene rings is 1. The first-order valence-corrected chi connectivity index (χ1v) is 6.38. The Balaban J connectivity index is 2.22. The Kier molecular flexibility index (Phi) is 4.09. The molecule has 2 rings (SSSR count). The fourth-order valence-corrected chi connectivity index (χ4v) is 2.37. The van der Waals surface area contributed by atoms with Crippen LogP contribution < -0.4 is 10.5 Å². The number of likely N-dealkylation sites (tertiary alicyclic amines) is 1. The van der Waals surface area contributed by atoms with E-state index in [4.69, 9.17) is 22.1 Å². The van der Waals surface area contributed by atoms with Crippen molar-refractivity contribution in [2.45, 2.75) is 18.9 Å². The molecule has 1 aliphatic rings. The van der Waals surface area contributed by atoms with Crippen molar-refractivity contribution in [2.75, 3.05) is 20.2 Å². The topological polar surface area (TPSA) is 55.6 Å². The van der Waals surface area contributed by atoms with E-state index in [0.717, 1.165) is 19.4 Å². The number of nitrogens with two attached hydrogens (primary N) is 1. The Hall–Kier alpha value is -1.26. The van der Waals surface area contributed by atoms with Crippen molar-refractivity contribution in [2.24, 2.45) is 5.73 Å². The number of rotatable bonds is 2. The molecule has 0 radical (unpaired) electrons. The van der Waals surface area contributed by atoms with Gasteiger partial charge < -0.3 is 15.4 Å². The molecule has 1 aromatic rings. The molecule has 18 heavy (non-hydrogen) atoms. The third-order valence-corrected chi connectivity index (χ3v) is 3.37. The lowest BCUT2D eigenvalue weighted by atomic mass is 10.0. The Morgan fingerprint density at radius 3 is 3.00 bits per heavy atom. The summed E-state index contributed by atoms with van der Waals surface area (Å²) in [4.78, 5) is 14.2. The van der Waals surface area contributed by atoms with Gasteiger partial charge in [-0.2, -0.15) is 0 Å². The predicted octanol–water partition coefficient (Wildman–Crippen LogP) is 1.91. The first-order chi connectivity index (χ1) is 8.61. The minimum atomic E-state index is -0.0429. The second kappa shape index (κ2) is 5.59. The number of hydrogen-bond donors (Lipinski definition) is 1. The lowest BCUT2D eigenvalue weighted by Crippen LogP contribution is -2.45. The van der Waals surface area contributed by atoms with Crippen LogP contribution in [0, 0.1) is 0 Å². The van der Waals surface area contributed by atoms with Gasteiger partial charge in [-0.05, 0) is 31.0 Å². The van der Waals surface area contributed by atoms with Gasteiger partial charge >= 0.3 is 0 Å². The molecule has 1 amide bonds. The lowest BCUT2D eigenvalue weighted by molar-refractivity contribution is 0.0705. The van der Waals surface area contributed by atoms with Crippen LogP contribution in [0.3, 0.4) is 0 Å². The summed E-state index contributed by atoms with van der Waals surface area (Å²) in [5.41, 5.74) is 6.43. The first-order valence-electron chi connectivity index (χ1n) is 6.00. The van der Waals surface area contributed by atoms with Crippen LogP contribution in [0.4, 0.5) is 0 Å². The summed E-state index contributed by atoms with van der Waals surface area (Å²) in [7, 11) is 1.53. The van der Waals surface area contributed by atoms with Crippen LogP contribution in [-0.2, 0) is 0 Å². The maximum Gasteiger partial charge on any atom is 0.257 e. The molecular formula is C13H17ClN2O2. The van der Waals surface area contributed by atoms with Gasteiger partial charge in [0.25, 0.3) is 5.91 Å². The number of piperidine rings is 1. The number of nitrogens with zero attached hydrogens (tertiary/aromatic N) is 1. The summed E-state index contributed by atoms with van der Waals surface area (Å²) >= 11 is 5.88. The second-order valence-corrected chi connectivity index (χ2v) is 4.93. The van der Waals surface area contributed by atoms with Crippen LogP contribution in [0.15, 0.2) is 18.2 Å². The van der Waals surface area contributed by atoms with Gasteiger partial charge in [0.05, 0.1) is 12.7 Å². The van der Waals surface area contributed by atoms with Gasteiger partial charge in [-0.1, -0.05) is 11.6 Å². The molecule has 1 aromatic carbocycles. The summed E-state index contributed by atoms with van der Waals surface area (Å²) < 4.78 is 5.20. The molecule has 1 aliphatic heterocycles. The van der Waals surface area contributed by atoms with Crippen molar-refractivity contribution >= 4 is 17.5 Å². The van der Waals surface area contributed by atoms with Gasteiger partial charge in [0.15, 0.2) is 0 Å². The van der Waals surface area contributed by atoms with E-state index in [0.29, 0.717) is 22.9 Å².